The van der Waals surface area contributed by atoms with Crippen molar-refractivity contribution in [1.82, 2.24) is 0 Å². The molecule has 0 aliphatic heterocycles. The smallest absolute Gasteiger partial charge is 0.399 e. The minimum atomic E-state index is -4.64. The molecule has 9 heteroatoms. The Balaban J connectivity index is 2.44. The van der Waals surface area contributed by atoms with Crippen molar-refractivity contribution >= 4 is 60.2 Å². The van der Waals surface area contributed by atoms with Crippen LogP contribution in [0.3, 0.4) is 0 Å². The molecule has 0 amide bonds. The molecule has 0 bridgehead atoms. The van der Waals surface area contributed by atoms with Crippen LogP contribution in [0.1, 0.15) is 27.4 Å². The van der Waals surface area contributed by atoms with Crippen LogP contribution in [-0.2, 0) is 0 Å². The molecule has 2 radical (unpaired) electrons. The number of aromatic carboxylic acids is 1. The van der Waals surface area contributed by atoms with Crippen molar-refractivity contribution in [2.45, 2.75) is 12.1 Å². The molecule has 2 rings (SSSR count). The SMILES string of the molecule is [B]c1cc(/C=C/C(c2cc(Cl)c(Cl)cc2Cl)C(F)(F)F)ccc1C(=O)O. The lowest BCUT2D eigenvalue weighted by Crippen LogP contribution is -2.19. The van der Waals surface area contributed by atoms with Gasteiger partial charge in [-0.2, -0.15) is 13.2 Å². The molecule has 0 aromatic heterocycles. The van der Waals surface area contributed by atoms with Crippen molar-refractivity contribution in [3.8, 4) is 0 Å². The van der Waals surface area contributed by atoms with E-state index in [0.29, 0.717) is 5.56 Å². The first-order valence-electron chi connectivity index (χ1n) is 7.03. The highest BCUT2D eigenvalue weighted by Gasteiger charge is 2.40. The van der Waals surface area contributed by atoms with Gasteiger partial charge in [-0.25, -0.2) is 4.79 Å². The first kappa shape index (κ1) is 20.7. The van der Waals surface area contributed by atoms with Crippen LogP contribution in [0, 0.1) is 0 Å². The van der Waals surface area contributed by atoms with Crippen molar-refractivity contribution in [2.24, 2.45) is 0 Å². The summed E-state index contributed by atoms with van der Waals surface area (Å²) >= 11 is 17.5. The Bertz CT molecular complexity index is 882. The lowest BCUT2D eigenvalue weighted by molar-refractivity contribution is -0.139. The first-order valence-corrected chi connectivity index (χ1v) is 8.16. The average Bonchev–Trinajstić information content (AvgIpc) is 2.50. The summed E-state index contributed by atoms with van der Waals surface area (Å²) in [5.74, 6) is -3.26. The molecule has 0 saturated carbocycles. The standard InChI is InChI=1S/C17H9BCl3F3O2/c18-12-5-8(1-3-9(12)16(25)26)2-4-11(17(22,23)24)10-6-14(20)15(21)7-13(10)19/h1-7,11H,(H,25,26)/b4-2+. The number of rotatable bonds is 4. The fourth-order valence-electron chi connectivity index (χ4n) is 2.25. The maximum atomic E-state index is 13.5. The van der Waals surface area contributed by atoms with E-state index in [-0.39, 0.29) is 31.7 Å². The number of halogens is 6. The molecule has 1 unspecified atom stereocenters. The predicted octanol–water partition coefficient (Wildman–Crippen LogP) is 5.50. The van der Waals surface area contributed by atoms with Gasteiger partial charge < -0.3 is 5.11 Å². The molecule has 0 heterocycles. The Hall–Kier alpha value is -1.63. The number of hydrogen-bond donors (Lipinski definition) is 1. The van der Waals surface area contributed by atoms with E-state index in [4.69, 9.17) is 47.8 Å². The number of carbonyl (C=O) groups is 1. The van der Waals surface area contributed by atoms with Crippen LogP contribution < -0.4 is 5.46 Å². The molecule has 2 aromatic carbocycles. The van der Waals surface area contributed by atoms with Crippen LogP contribution >= 0.6 is 34.8 Å². The zero-order valence-electron chi connectivity index (χ0n) is 12.8. The molecule has 26 heavy (non-hydrogen) atoms. The van der Waals surface area contributed by atoms with Gasteiger partial charge in [-0.1, -0.05) is 64.6 Å². The third-order valence-electron chi connectivity index (χ3n) is 3.51. The van der Waals surface area contributed by atoms with Gasteiger partial charge in [0.05, 0.1) is 21.5 Å². The van der Waals surface area contributed by atoms with Gasteiger partial charge in [0.1, 0.15) is 7.85 Å². The molecule has 0 fully saturated rings. The monoisotopic (exact) mass is 418 g/mol. The predicted molar refractivity (Wildman–Crippen MR) is 98.1 cm³/mol. The topological polar surface area (TPSA) is 37.3 Å². The summed E-state index contributed by atoms with van der Waals surface area (Å²) in [4.78, 5) is 10.9. The van der Waals surface area contributed by atoms with Crippen LogP contribution in [0.2, 0.25) is 15.1 Å². The van der Waals surface area contributed by atoms with E-state index in [2.05, 4.69) is 0 Å². The summed E-state index contributed by atoms with van der Waals surface area (Å²) in [5, 5.41) is 8.74. The highest BCUT2D eigenvalue weighted by atomic mass is 35.5. The summed E-state index contributed by atoms with van der Waals surface area (Å²) in [6.07, 6.45) is -2.57. The van der Waals surface area contributed by atoms with E-state index >= 15 is 0 Å². The molecule has 2 aromatic rings. The molecule has 1 N–H and O–H groups in total. The normalized spacial score (nSPS) is 13.2. The fourth-order valence-corrected chi connectivity index (χ4v) is 2.93. The Morgan fingerprint density at radius 2 is 1.69 bits per heavy atom. The average molecular weight is 419 g/mol. The number of allylic oxidation sites excluding steroid dienone is 1. The second-order valence-corrected chi connectivity index (χ2v) is 6.54. The third-order valence-corrected chi connectivity index (χ3v) is 4.56. The van der Waals surface area contributed by atoms with E-state index in [1.54, 1.807) is 0 Å². The lowest BCUT2D eigenvalue weighted by Gasteiger charge is -2.19. The second-order valence-electron chi connectivity index (χ2n) is 5.32. The van der Waals surface area contributed by atoms with E-state index in [0.717, 1.165) is 18.2 Å². The van der Waals surface area contributed by atoms with Gasteiger partial charge >= 0.3 is 12.1 Å². The van der Waals surface area contributed by atoms with Crippen molar-refractivity contribution in [3.05, 3.63) is 68.2 Å². The molecular weight excluding hydrogens is 410 g/mol. The van der Waals surface area contributed by atoms with Crippen molar-refractivity contribution < 1.29 is 23.1 Å². The van der Waals surface area contributed by atoms with E-state index < -0.39 is 18.1 Å². The summed E-state index contributed by atoms with van der Waals surface area (Å²) < 4.78 is 40.4. The van der Waals surface area contributed by atoms with E-state index in [1.807, 2.05) is 0 Å². The maximum absolute atomic E-state index is 13.5. The third kappa shape index (κ3) is 4.75. The van der Waals surface area contributed by atoms with Gasteiger partial charge in [-0.3, -0.25) is 0 Å². The van der Waals surface area contributed by atoms with Crippen molar-refractivity contribution in [1.29, 1.82) is 0 Å². The number of alkyl halides is 3. The summed E-state index contributed by atoms with van der Waals surface area (Å²) in [6.45, 7) is 0. The minimum absolute atomic E-state index is 0.0438. The molecule has 0 aliphatic rings. The van der Waals surface area contributed by atoms with Crippen LogP contribution in [-0.4, -0.2) is 25.1 Å². The van der Waals surface area contributed by atoms with Gasteiger partial charge in [0.15, 0.2) is 0 Å². The molecular formula is C17H9BCl3F3O2. The largest absolute Gasteiger partial charge is 0.478 e. The molecule has 0 aliphatic carbocycles. The first-order chi connectivity index (χ1) is 12.0. The number of carboxylic acids is 1. The fraction of sp³-hybridized carbons (Fsp3) is 0.118. The summed E-state index contributed by atoms with van der Waals surface area (Å²) in [5.41, 5.74) is -0.143. The zero-order chi connectivity index (χ0) is 19.6. The summed E-state index contributed by atoms with van der Waals surface area (Å²) in [6, 6.07) is 6.04. The Morgan fingerprint density at radius 1 is 1.08 bits per heavy atom. The molecule has 0 spiro atoms. The Labute approximate surface area is 163 Å². The second kappa shape index (κ2) is 7.95. The highest BCUT2D eigenvalue weighted by molar-refractivity contribution is 6.43. The quantitative estimate of drug-likeness (QED) is 0.525. The molecule has 2 nitrogen and oxygen atoms in total. The van der Waals surface area contributed by atoms with Crippen LogP contribution in [0.25, 0.3) is 6.08 Å². The van der Waals surface area contributed by atoms with Gasteiger partial charge in [0, 0.05) is 5.02 Å². The maximum Gasteiger partial charge on any atom is 0.399 e. The zero-order valence-corrected chi connectivity index (χ0v) is 15.1. The molecule has 134 valence electrons. The summed E-state index contributed by atoms with van der Waals surface area (Å²) in [7, 11) is 5.60. The van der Waals surface area contributed by atoms with Crippen LogP contribution in [0.15, 0.2) is 36.4 Å². The Kier molecular flexibility index (Phi) is 6.32. The highest BCUT2D eigenvalue weighted by Crippen LogP contribution is 2.42. The van der Waals surface area contributed by atoms with Crippen LogP contribution in [0.4, 0.5) is 13.2 Å². The van der Waals surface area contributed by atoms with Gasteiger partial charge in [-0.05, 0) is 29.3 Å². The molecule has 1 atom stereocenters. The minimum Gasteiger partial charge on any atom is -0.478 e. The van der Waals surface area contributed by atoms with Gasteiger partial charge in [-0.15, -0.1) is 0 Å². The van der Waals surface area contributed by atoms with E-state index in [9.17, 15) is 18.0 Å². The van der Waals surface area contributed by atoms with Crippen molar-refractivity contribution in [3.63, 3.8) is 0 Å². The number of benzene rings is 2. The number of carboxylic acid groups (broad SMARTS) is 1. The van der Waals surface area contributed by atoms with Crippen molar-refractivity contribution in [2.75, 3.05) is 0 Å². The lowest BCUT2D eigenvalue weighted by atomic mass is 9.88. The van der Waals surface area contributed by atoms with Crippen LogP contribution in [0.5, 0.6) is 0 Å². The van der Waals surface area contributed by atoms with E-state index in [1.165, 1.54) is 24.3 Å². The van der Waals surface area contributed by atoms with Gasteiger partial charge in [0.2, 0.25) is 0 Å². The van der Waals surface area contributed by atoms with Gasteiger partial charge in [0.25, 0.3) is 0 Å². The molecule has 0 saturated heterocycles. The number of hydrogen-bond acceptors (Lipinski definition) is 1. The Morgan fingerprint density at radius 3 is 2.23 bits per heavy atom.